The zero-order chi connectivity index (χ0) is 12.3. The highest BCUT2D eigenvalue weighted by Gasteiger charge is 2.23. The van der Waals surface area contributed by atoms with E-state index < -0.39 is 0 Å². The quantitative estimate of drug-likeness (QED) is 0.886. The molecule has 0 bridgehead atoms. The lowest BCUT2D eigenvalue weighted by Gasteiger charge is -2.34. The van der Waals surface area contributed by atoms with Crippen LogP contribution in [0, 0.1) is 0 Å². The maximum absolute atomic E-state index is 5.72. The van der Waals surface area contributed by atoms with Crippen molar-refractivity contribution in [1.29, 1.82) is 0 Å². The predicted octanol–water partition coefficient (Wildman–Crippen LogP) is 1.58. The first-order valence-electron chi connectivity index (χ1n) is 6.12. The summed E-state index contributed by atoms with van der Waals surface area (Å²) in [7, 11) is 0. The van der Waals surface area contributed by atoms with Crippen LogP contribution in [0.25, 0.3) is 0 Å². The summed E-state index contributed by atoms with van der Waals surface area (Å²) >= 11 is 1.43. The number of nitrogens with zero attached hydrogens (tertiary/aromatic N) is 3. The van der Waals surface area contributed by atoms with Crippen molar-refractivity contribution in [1.82, 2.24) is 14.5 Å². The van der Waals surface area contributed by atoms with Gasteiger partial charge in [0, 0.05) is 37.7 Å². The van der Waals surface area contributed by atoms with E-state index in [-0.39, 0.29) is 0 Å². The summed E-state index contributed by atoms with van der Waals surface area (Å²) in [6, 6.07) is 0. The lowest BCUT2D eigenvalue weighted by Crippen LogP contribution is -2.44. The number of aromatic nitrogens is 2. The standard InChI is InChI=1S/C11H20N4OS/c1-4-12-11-10(13-14-17-11)7-15-5-8(2)16-9(3)6-15/h8-9,12H,4-7H2,1-3H3/t8-,9+. The number of hydrogen-bond acceptors (Lipinski definition) is 6. The molecule has 0 aliphatic carbocycles. The normalized spacial score (nSPS) is 26.1. The average Bonchev–Trinajstić information content (AvgIpc) is 2.65. The van der Waals surface area contributed by atoms with Crippen molar-refractivity contribution in [2.45, 2.75) is 39.5 Å². The number of rotatable bonds is 4. The second-order valence-electron chi connectivity index (χ2n) is 4.53. The molecule has 96 valence electrons. The van der Waals surface area contributed by atoms with Crippen molar-refractivity contribution < 1.29 is 4.74 Å². The van der Waals surface area contributed by atoms with Gasteiger partial charge in [0.2, 0.25) is 0 Å². The van der Waals surface area contributed by atoms with E-state index in [0.717, 1.165) is 36.9 Å². The summed E-state index contributed by atoms with van der Waals surface area (Å²) in [4.78, 5) is 2.39. The van der Waals surface area contributed by atoms with Crippen LogP contribution in [-0.2, 0) is 11.3 Å². The molecule has 2 rings (SSSR count). The Morgan fingerprint density at radius 2 is 2.12 bits per heavy atom. The van der Waals surface area contributed by atoms with Gasteiger partial charge in [0.05, 0.1) is 12.2 Å². The topological polar surface area (TPSA) is 50.3 Å². The summed E-state index contributed by atoms with van der Waals surface area (Å²) in [6.45, 7) is 10.0. The third-order valence-corrected chi connectivity index (χ3v) is 3.49. The maximum atomic E-state index is 5.72. The van der Waals surface area contributed by atoms with Crippen LogP contribution in [0.5, 0.6) is 0 Å². The minimum atomic E-state index is 0.299. The average molecular weight is 256 g/mol. The first kappa shape index (κ1) is 12.7. The van der Waals surface area contributed by atoms with Gasteiger partial charge in [-0.1, -0.05) is 4.49 Å². The summed E-state index contributed by atoms with van der Waals surface area (Å²) in [5.41, 5.74) is 1.05. The molecule has 0 saturated carbocycles. The third kappa shape index (κ3) is 3.37. The molecule has 0 radical (unpaired) electrons. The molecule has 5 nitrogen and oxygen atoms in total. The third-order valence-electron chi connectivity index (χ3n) is 2.76. The van der Waals surface area contributed by atoms with Crippen LogP contribution >= 0.6 is 11.5 Å². The van der Waals surface area contributed by atoms with Gasteiger partial charge in [-0.15, -0.1) is 5.10 Å². The van der Waals surface area contributed by atoms with E-state index in [2.05, 4.69) is 40.6 Å². The molecule has 1 N–H and O–H groups in total. The summed E-state index contributed by atoms with van der Waals surface area (Å²) in [6.07, 6.45) is 0.598. The first-order chi connectivity index (χ1) is 8.19. The van der Waals surface area contributed by atoms with Crippen LogP contribution in [0.15, 0.2) is 0 Å². The highest BCUT2D eigenvalue weighted by molar-refractivity contribution is 7.10. The Labute approximate surface area is 106 Å². The Balaban J connectivity index is 1.97. The zero-order valence-electron chi connectivity index (χ0n) is 10.6. The molecule has 0 spiro atoms. The smallest absolute Gasteiger partial charge is 0.134 e. The van der Waals surface area contributed by atoms with Crippen LogP contribution in [0.4, 0.5) is 5.00 Å². The van der Waals surface area contributed by atoms with E-state index in [1.54, 1.807) is 0 Å². The lowest BCUT2D eigenvalue weighted by atomic mass is 10.2. The van der Waals surface area contributed by atoms with Crippen LogP contribution in [0.1, 0.15) is 26.5 Å². The second kappa shape index (κ2) is 5.75. The molecule has 2 heterocycles. The van der Waals surface area contributed by atoms with E-state index in [0.29, 0.717) is 12.2 Å². The van der Waals surface area contributed by atoms with Crippen molar-refractivity contribution in [2.24, 2.45) is 0 Å². The first-order valence-corrected chi connectivity index (χ1v) is 6.89. The van der Waals surface area contributed by atoms with Gasteiger partial charge in [0.1, 0.15) is 10.7 Å². The molecule has 2 atom stereocenters. The van der Waals surface area contributed by atoms with Gasteiger partial charge in [0.25, 0.3) is 0 Å². The van der Waals surface area contributed by atoms with E-state index in [1.807, 2.05) is 0 Å². The molecular weight excluding hydrogens is 236 g/mol. The maximum Gasteiger partial charge on any atom is 0.134 e. The minimum Gasteiger partial charge on any atom is -0.374 e. The highest BCUT2D eigenvalue weighted by atomic mass is 32.1. The van der Waals surface area contributed by atoms with Crippen LogP contribution < -0.4 is 5.32 Å². The number of nitrogens with one attached hydrogen (secondary N) is 1. The largest absolute Gasteiger partial charge is 0.374 e. The summed E-state index contributed by atoms with van der Waals surface area (Å²) in [5, 5.41) is 8.60. The summed E-state index contributed by atoms with van der Waals surface area (Å²) < 4.78 is 9.74. The van der Waals surface area contributed by atoms with Gasteiger partial charge in [-0.05, 0) is 20.8 Å². The van der Waals surface area contributed by atoms with Crippen molar-refractivity contribution in [3.63, 3.8) is 0 Å². The molecular formula is C11H20N4OS. The fraction of sp³-hybridized carbons (Fsp3) is 0.818. The second-order valence-corrected chi connectivity index (χ2v) is 5.28. The van der Waals surface area contributed by atoms with Crippen LogP contribution in [0.3, 0.4) is 0 Å². The number of ether oxygens (including phenoxy) is 1. The Morgan fingerprint density at radius 1 is 1.41 bits per heavy atom. The number of morpholine rings is 1. The Hall–Kier alpha value is -0.720. The predicted molar refractivity (Wildman–Crippen MR) is 69.4 cm³/mol. The SMILES string of the molecule is CCNc1snnc1CN1C[C@@H](C)O[C@@H](C)C1. The van der Waals surface area contributed by atoms with Crippen molar-refractivity contribution in [3.05, 3.63) is 5.69 Å². The van der Waals surface area contributed by atoms with Crippen LogP contribution in [0.2, 0.25) is 0 Å². The molecule has 0 amide bonds. The monoisotopic (exact) mass is 256 g/mol. The van der Waals surface area contributed by atoms with Gasteiger partial charge >= 0.3 is 0 Å². The fourth-order valence-electron chi connectivity index (χ4n) is 2.23. The minimum absolute atomic E-state index is 0.299. The molecule has 0 aromatic carbocycles. The molecule has 17 heavy (non-hydrogen) atoms. The van der Waals surface area contributed by atoms with Crippen LogP contribution in [-0.4, -0.2) is 46.3 Å². The Morgan fingerprint density at radius 3 is 2.76 bits per heavy atom. The Bertz CT molecular complexity index is 347. The van der Waals surface area contributed by atoms with E-state index in [9.17, 15) is 0 Å². The van der Waals surface area contributed by atoms with Gasteiger partial charge in [0.15, 0.2) is 0 Å². The molecule has 1 saturated heterocycles. The van der Waals surface area contributed by atoms with Gasteiger partial charge < -0.3 is 10.1 Å². The molecule has 6 heteroatoms. The highest BCUT2D eigenvalue weighted by Crippen LogP contribution is 2.21. The number of hydrogen-bond donors (Lipinski definition) is 1. The van der Waals surface area contributed by atoms with Crippen molar-refractivity contribution in [3.8, 4) is 0 Å². The molecule has 1 aromatic heterocycles. The van der Waals surface area contributed by atoms with Crippen molar-refractivity contribution >= 4 is 16.5 Å². The van der Waals surface area contributed by atoms with Gasteiger partial charge in [-0.2, -0.15) is 0 Å². The molecule has 1 aromatic rings. The number of anilines is 1. The van der Waals surface area contributed by atoms with Crippen molar-refractivity contribution in [2.75, 3.05) is 25.0 Å². The lowest BCUT2D eigenvalue weighted by molar-refractivity contribution is -0.0707. The van der Waals surface area contributed by atoms with E-state index in [4.69, 9.17) is 4.74 Å². The molecule has 1 aliphatic heterocycles. The molecule has 1 aliphatic rings. The van der Waals surface area contributed by atoms with E-state index in [1.165, 1.54) is 11.5 Å². The summed E-state index contributed by atoms with van der Waals surface area (Å²) in [5.74, 6) is 0. The molecule has 0 unspecified atom stereocenters. The van der Waals surface area contributed by atoms with Gasteiger partial charge in [-0.25, -0.2) is 0 Å². The molecule has 1 fully saturated rings. The zero-order valence-corrected chi connectivity index (χ0v) is 11.5. The Kier molecular flexibility index (Phi) is 4.31. The van der Waals surface area contributed by atoms with Gasteiger partial charge in [-0.3, -0.25) is 4.90 Å². The fourth-order valence-corrected chi connectivity index (χ4v) is 2.87. The van der Waals surface area contributed by atoms with E-state index >= 15 is 0 Å².